The Morgan fingerprint density at radius 3 is 2.55 bits per heavy atom. The molecule has 1 amide bonds. The Bertz CT molecular complexity index is 794. The molecule has 0 fully saturated rings. The first-order valence-corrected chi connectivity index (χ1v) is 7.80. The number of amides is 1. The van der Waals surface area contributed by atoms with Gasteiger partial charge in [0.25, 0.3) is 5.91 Å². The van der Waals surface area contributed by atoms with Gasteiger partial charge in [-0.05, 0) is 35.6 Å². The van der Waals surface area contributed by atoms with Gasteiger partial charge < -0.3 is 4.90 Å². The van der Waals surface area contributed by atoms with Crippen LogP contribution >= 0.6 is 11.3 Å². The fourth-order valence-corrected chi connectivity index (χ4v) is 3.94. The molecule has 5 heteroatoms. The molecule has 0 radical (unpaired) electrons. The summed E-state index contributed by atoms with van der Waals surface area (Å²) >= 11 is 1.46. The van der Waals surface area contributed by atoms with Crippen molar-refractivity contribution in [2.75, 3.05) is 13.1 Å². The highest BCUT2D eigenvalue weighted by molar-refractivity contribution is 7.17. The van der Waals surface area contributed by atoms with Gasteiger partial charge in [-0.15, -0.1) is 11.3 Å². The van der Waals surface area contributed by atoms with Crippen LogP contribution in [0.4, 0.5) is 0 Å². The zero-order chi connectivity index (χ0) is 15.5. The molecule has 0 N–H and O–H groups in total. The number of benzene rings is 1. The van der Waals surface area contributed by atoms with Crippen LogP contribution in [0.1, 0.15) is 20.8 Å². The predicted octanol–water partition coefficient (Wildman–Crippen LogP) is 3.00. The smallest absolute Gasteiger partial charge is 0.265 e. The van der Waals surface area contributed by atoms with Crippen LogP contribution in [0.2, 0.25) is 0 Å². The summed E-state index contributed by atoms with van der Waals surface area (Å²) in [7, 11) is 0. The molecular formula is C17H13N3OS. The first-order chi connectivity index (χ1) is 10.7. The van der Waals surface area contributed by atoms with E-state index in [1.165, 1.54) is 32.9 Å². The molecule has 0 bridgehead atoms. The second-order valence-corrected chi connectivity index (χ2v) is 6.15. The molecule has 1 aromatic heterocycles. The van der Waals surface area contributed by atoms with E-state index in [-0.39, 0.29) is 19.0 Å². The molecule has 4 nitrogen and oxygen atoms in total. The van der Waals surface area contributed by atoms with Crippen molar-refractivity contribution in [3.05, 3.63) is 46.3 Å². The SMILES string of the molecule is N#CCN(CC#N)C(=O)c1cc2c(s1)-c1ccccc1CC2. The Balaban J connectivity index is 1.96. The minimum atomic E-state index is -0.236. The quantitative estimate of drug-likeness (QED) is 0.819. The van der Waals surface area contributed by atoms with E-state index < -0.39 is 0 Å². The molecule has 1 heterocycles. The summed E-state index contributed by atoms with van der Waals surface area (Å²) in [6.07, 6.45) is 1.90. The van der Waals surface area contributed by atoms with Gasteiger partial charge in [-0.2, -0.15) is 10.5 Å². The van der Waals surface area contributed by atoms with Crippen molar-refractivity contribution in [3.63, 3.8) is 0 Å². The largest absolute Gasteiger partial charge is 0.311 e. The number of nitrogens with zero attached hydrogens (tertiary/aromatic N) is 3. The van der Waals surface area contributed by atoms with E-state index in [9.17, 15) is 4.79 Å². The highest BCUT2D eigenvalue weighted by Crippen LogP contribution is 2.39. The molecule has 2 aromatic rings. The van der Waals surface area contributed by atoms with Crippen molar-refractivity contribution < 1.29 is 4.79 Å². The number of nitriles is 2. The van der Waals surface area contributed by atoms with Gasteiger partial charge in [0.1, 0.15) is 13.1 Å². The highest BCUT2D eigenvalue weighted by atomic mass is 32.1. The predicted molar refractivity (Wildman–Crippen MR) is 84.3 cm³/mol. The molecule has 0 unspecified atom stereocenters. The van der Waals surface area contributed by atoms with E-state index in [0.717, 1.165) is 17.7 Å². The average Bonchev–Trinajstić information content (AvgIpc) is 2.98. The van der Waals surface area contributed by atoms with Crippen molar-refractivity contribution in [2.45, 2.75) is 12.8 Å². The molecule has 22 heavy (non-hydrogen) atoms. The van der Waals surface area contributed by atoms with Crippen LogP contribution in [-0.2, 0) is 12.8 Å². The maximum absolute atomic E-state index is 12.5. The lowest BCUT2D eigenvalue weighted by molar-refractivity contribution is 0.0799. The van der Waals surface area contributed by atoms with Crippen LogP contribution in [0.25, 0.3) is 10.4 Å². The van der Waals surface area contributed by atoms with Crippen LogP contribution in [0.5, 0.6) is 0 Å². The van der Waals surface area contributed by atoms with Gasteiger partial charge in [-0.25, -0.2) is 0 Å². The Hall–Kier alpha value is -2.63. The van der Waals surface area contributed by atoms with Crippen molar-refractivity contribution in [1.29, 1.82) is 10.5 Å². The molecule has 0 atom stereocenters. The number of hydrogen-bond donors (Lipinski definition) is 0. The van der Waals surface area contributed by atoms with Gasteiger partial charge in [-0.3, -0.25) is 4.79 Å². The standard InChI is InChI=1S/C17H13N3OS/c18-7-9-20(10-8-19)17(21)15-11-13-6-5-12-3-1-2-4-14(12)16(13)22-15/h1-4,11H,5-6,9-10H2. The van der Waals surface area contributed by atoms with E-state index in [1.807, 2.05) is 30.3 Å². The Morgan fingerprint density at radius 1 is 1.14 bits per heavy atom. The fourth-order valence-electron chi connectivity index (χ4n) is 2.70. The monoisotopic (exact) mass is 307 g/mol. The second-order valence-electron chi connectivity index (χ2n) is 5.10. The van der Waals surface area contributed by atoms with Crippen molar-refractivity contribution in [2.24, 2.45) is 0 Å². The summed E-state index contributed by atoms with van der Waals surface area (Å²) in [5, 5.41) is 17.6. The molecule has 1 aliphatic carbocycles. The number of hydrogen-bond acceptors (Lipinski definition) is 4. The van der Waals surface area contributed by atoms with Crippen molar-refractivity contribution >= 4 is 17.2 Å². The minimum Gasteiger partial charge on any atom is -0.311 e. The molecule has 0 aliphatic heterocycles. The van der Waals surface area contributed by atoms with Crippen molar-refractivity contribution in [1.82, 2.24) is 4.90 Å². The first-order valence-electron chi connectivity index (χ1n) is 6.98. The number of carbonyl (C=O) groups is 1. The maximum Gasteiger partial charge on any atom is 0.265 e. The fraction of sp³-hybridized carbons (Fsp3) is 0.235. The van der Waals surface area contributed by atoms with Crippen LogP contribution in [0, 0.1) is 22.7 Å². The molecule has 0 saturated heterocycles. The highest BCUT2D eigenvalue weighted by Gasteiger charge is 2.23. The average molecular weight is 307 g/mol. The van der Waals surface area contributed by atoms with E-state index >= 15 is 0 Å². The van der Waals surface area contributed by atoms with Crippen LogP contribution in [0.3, 0.4) is 0 Å². The minimum absolute atomic E-state index is 0.0639. The Labute approximate surface area is 132 Å². The second kappa shape index (κ2) is 6.01. The summed E-state index contributed by atoms with van der Waals surface area (Å²) in [4.78, 5) is 15.5. The van der Waals surface area contributed by atoms with Gasteiger partial charge in [-0.1, -0.05) is 24.3 Å². The third-order valence-electron chi connectivity index (χ3n) is 3.76. The normalized spacial score (nSPS) is 11.7. The van der Waals surface area contributed by atoms with Crippen molar-refractivity contribution in [3.8, 4) is 22.6 Å². The zero-order valence-corrected chi connectivity index (χ0v) is 12.7. The van der Waals surface area contributed by atoms with E-state index in [1.54, 1.807) is 0 Å². The summed E-state index contributed by atoms with van der Waals surface area (Å²) in [5.41, 5.74) is 3.68. The maximum atomic E-state index is 12.5. The van der Waals surface area contributed by atoms with Crippen LogP contribution in [0.15, 0.2) is 30.3 Å². The summed E-state index contributed by atoms with van der Waals surface area (Å²) in [6, 6.07) is 14.0. The lowest BCUT2D eigenvalue weighted by Crippen LogP contribution is -2.31. The van der Waals surface area contributed by atoms with Gasteiger partial charge in [0.2, 0.25) is 0 Å². The Kier molecular flexibility index (Phi) is 3.91. The molecule has 1 aliphatic rings. The molecule has 3 rings (SSSR count). The summed E-state index contributed by atoms with van der Waals surface area (Å²) < 4.78 is 0. The molecular weight excluding hydrogens is 294 g/mol. The number of aryl methyl sites for hydroxylation is 2. The third kappa shape index (κ3) is 2.47. The topological polar surface area (TPSA) is 67.9 Å². The first kappa shape index (κ1) is 14.3. The number of thiophene rings is 1. The van der Waals surface area contributed by atoms with Crippen LogP contribution in [-0.4, -0.2) is 23.9 Å². The molecule has 108 valence electrons. The van der Waals surface area contributed by atoms with Gasteiger partial charge in [0.05, 0.1) is 17.0 Å². The molecule has 0 saturated carbocycles. The van der Waals surface area contributed by atoms with Gasteiger partial charge in [0, 0.05) is 4.88 Å². The van der Waals surface area contributed by atoms with Crippen LogP contribution < -0.4 is 0 Å². The number of rotatable bonds is 3. The van der Waals surface area contributed by atoms with E-state index in [2.05, 4.69) is 12.1 Å². The Morgan fingerprint density at radius 2 is 1.82 bits per heavy atom. The van der Waals surface area contributed by atoms with Gasteiger partial charge >= 0.3 is 0 Å². The number of fused-ring (bicyclic) bond motifs is 3. The summed E-state index contributed by atoms with van der Waals surface area (Å²) in [6.45, 7) is -0.128. The number of carbonyl (C=O) groups excluding carboxylic acids is 1. The lowest BCUT2D eigenvalue weighted by Gasteiger charge is -2.15. The lowest BCUT2D eigenvalue weighted by atomic mass is 9.91. The molecule has 1 aromatic carbocycles. The van der Waals surface area contributed by atoms with E-state index in [4.69, 9.17) is 10.5 Å². The summed E-state index contributed by atoms with van der Waals surface area (Å²) in [5.74, 6) is -0.236. The van der Waals surface area contributed by atoms with E-state index in [0.29, 0.717) is 4.88 Å². The third-order valence-corrected chi connectivity index (χ3v) is 4.95. The zero-order valence-electron chi connectivity index (χ0n) is 11.9. The van der Waals surface area contributed by atoms with Gasteiger partial charge in [0.15, 0.2) is 0 Å². The molecule has 0 spiro atoms.